The maximum absolute atomic E-state index is 13.2. The maximum atomic E-state index is 13.2. The molecule has 0 spiro atoms. The molecule has 0 bridgehead atoms. The number of hydrogen-bond donors (Lipinski definition) is 2. The monoisotopic (exact) mass is 228 g/mol. The summed E-state index contributed by atoms with van der Waals surface area (Å²) in [5.74, 6) is -1.64. The van der Waals surface area contributed by atoms with E-state index in [1.165, 1.54) is 6.07 Å². The number of carbonyl (C=O) groups is 1. The summed E-state index contributed by atoms with van der Waals surface area (Å²) < 4.78 is 25.7. The maximum Gasteiger partial charge on any atom is 0.224 e. The highest BCUT2D eigenvalue weighted by molar-refractivity contribution is 5.78. The van der Waals surface area contributed by atoms with Crippen molar-refractivity contribution in [1.29, 1.82) is 0 Å². The third-order valence-corrected chi connectivity index (χ3v) is 2.07. The molecule has 5 heteroatoms. The largest absolute Gasteiger partial charge is 0.356 e. The zero-order valence-electron chi connectivity index (χ0n) is 8.80. The van der Waals surface area contributed by atoms with Crippen LogP contribution in [0.1, 0.15) is 12.0 Å². The van der Waals surface area contributed by atoms with Crippen LogP contribution in [-0.2, 0) is 11.2 Å². The highest BCUT2D eigenvalue weighted by atomic mass is 19.1. The minimum Gasteiger partial charge on any atom is -0.356 e. The van der Waals surface area contributed by atoms with E-state index in [1.54, 1.807) is 0 Å². The second-order valence-electron chi connectivity index (χ2n) is 3.40. The normalized spacial score (nSPS) is 10.2. The van der Waals surface area contributed by atoms with Crippen LogP contribution in [0.25, 0.3) is 0 Å². The molecular formula is C11H14F2N2O. The molecule has 3 nitrogen and oxygen atoms in total. The molecule has 1 aromatic carbocycles. The van der Waals surface area contributed by atoms with Crippen molar-refractivity contribution in [2.75, 3.05) is 13.1 Å². The van der Waals surface area contributed by atoms with Crippen LogP contribution >= 0.6 is 0 Å². The van der Waals surface area contributed by atoms with E-state index in [1.807, 2.05) is 0 Å². The fourth-order valence-corrected chi connectivity index (χ4v) is 1.23. The van der Waals surface area contributed by atoms with Gasteiger partial charge >= 0.3 is 0 Å². The fourth-order valence-electron chi connectivity index (χ4n) is 1.23. The number of carbonyl (C=O) groups excluding carboxylic acids is 1. The van der Waals surface area contributed by atoms with Crippen LogP contribution in [0.3, 0.4) is 0 Å². The Morgan fingerprint density at radius 2 is 2.12 bits per heavy atom. The molecule has 1 aromatic rings. The fraction of sp³-hybridized carbons (Fsp3) is 0.364. The number of hydrogen-bond acceptors (Lipinski definition) is 2. The van der Waals surface area contributed by atoms with Crippen molar-refractivity contribution < 1.29 is 13.6 Å². The number of benzene rings is 1. The predicted molar refractivity (Wildman–Crippen MR) is 56.7 cm³/mol. The van der Waals surface area contributed by atoms with Gasteiger partial charge in [-0.2, -0.15) is 0 Å². The first-order valence-electron chi connectivity index (χ1n) is 5.04. The molecule has 3 N–H and O–H groups in total. The molecule has 1 amide bonds. The van der Waals surface area contributed by atoms with Crippen LogP contribution in [-0.4, -0.2) is 19.0 Å². The van der Waals surface area contributed by atoms with Crippen LogP contribution in [0.2, 0.25) is 0 Å². The lowest BCUT2D eigenvalue weighted by atomic mass is 10.1. The van der Waals surface area contributed by atoms with Gasteiger partial charge in [0.2, 0.25) is 5.91 Å². The van der Waals surface area contributed by atoms with E-state index < -0.39 is 11.6 Å². The molecule has 0 heterocycles. The van der Waals surface area contributed by atoms with Crippen molar-refractivity contribution >= 4 is 5.91 Å². The Balaban J connectivity index is 2.49. The molecule has 0 unspecified atom stereocenters. The second kappa shape index (κ2) is 6.17. The van der Waals surface area contributed by atoms with E-state index in [2.05, 4.69) is 5.32 Å². The van der Waals surface area contributed by atoms with Gasteiger partial charge in [0.25, 0.3) is 0 Å². The van der Waals surface area contributed by atoms with E-state index in [0.717, 1.165) is 12.1 Å². The van der Waals surface area contributed by atoms with Crippen LogP contribution < -0.4 is 11.1 Å². The minimum atomic E-state index is -0.700. The third kappa shape index (κ3) is 3.94. The van der Waals surface area contributed by atoms with E-state index in [0.29, 0.717) is 19.5 Å². The quantitative estimate of drug-likeness (QED) is 0.738. The number of halogens is 2. The highest BCUT2D eigenvalue weighted by Crippen LogP contribution is 2.09. The van der Waals surface area contributed by atoms with E-state index in [-0.39, 0.29) is 17.9 Å². The summed E-state index contributed by atoms with van der Waals surface area (Å²) in [6.07, 6.45) is 0.592. The summed E-state index contributed by atoms with van der Waals surface area (Å²) in [6, 6.07) is 3.17. The zero-order chi connectivity index (χ0) is 12.0. The Morgan fingerprint density at radius 1 is 1.38 bits per heavy atom. The lowest BCUT2D eigenvalue weighted by molar-refractivity contribution is -0.120. The lowest BCUT2D eigenvalue weighted by Gasteiger charge is -2.05. The topological polar surface area (TPSA) is 55.1 Å². The SMILES string of the molecule is NCCCNC(=O)Cc1ccc(F)cc1F. The molecule has 0 aliphatic rings. The lowest BCUT2D eigenvalue weighted by Crippen LogP contribution is -2.27. The van der Waals surface area contributed by atoms with Crippen molar-refractivity contribution in [2.24, 2.45) is 5.73 Å². The Morgan fingerprint density at radius 3 is 2.75 bits per heavy atom. The number of rotatable bonds is 5. The van der Waals surface area contributed by atoms with Gasteiger partial charge in [-0.3, -0.25) is 4.79 Å². The molecule has 0 saturated carbocycles. The van der Waals surface area contributed by atoms with Crippen molar-refractivity contribution in [2.45, 2.75) is 12.8 Å². The molecular weight excluding hydrogens is 214 g/mol. The van der Waals surface area contributed by atoms with Gasteiger partial charge in [-0.1, -0.05) is 6.07 Å². The molecule has 0 radical (unpaired) electrons. The average Bonchev–Trinajstić information content (AvgIpc) is 2.23. The molecule has 0 aliphatic heterocycles. The van der Waals surface area contributed by atoms with Gasteiger partial charge in [0.05, 0.1) is 6.42 Å². The summed E-state index contributed by atoms with van der Waals surface area (Å²) in [5, 5.41) is 2.59. The Hall–Kier alpha value is -1.49. The van der Waals surface area contributed by atoms with Crippen LogP contribution in [0.4, 0.5) is 8.78 Å². The van der Waals surface area contributed by atoms with Gasteiger partial charge in [-0.25, -0.2) is 8.78 Å². The minimum absolute atomic E-state index is 0.0866. The standard InChI is InChI=1S/C11H14F2N2O/c12-9-3-2-8(10(13)7-9)6-11(16)15-5-1-4-14/h2-3,7H,1,4-6,14H2,(H,15,16). The number of amides is 1. The second-order valence-corrected chi connectivity index (χ2v) is 3.40. The molecule has 0 aliphatic carbocycles. The zero-order valence-corrected chi connectivity index (χ0v) is 8.80. The molecule has 0 atom stereocenters. The smallest absolute Gasteiger partial charge is 0.224 e. The first kappa shape index (κ1) is 12.6. The van der Waals surface area contributed by atoms with Gasteiger partial charge in [-0.05, 0) is 24.6 Å². The Bertz CT molecular complexity index is 369. The summed E-state index contributed by atoms with van der Waals surface area (Å²) >= 11 is 0. The summed E-state index contributed by atoms with van der Waals surface area (Å²) in [4.78, 5) is 11.3. The molecule has 88 valence electrons. The van der Waals surface area contributed by atoms with Crippen molar-refractivity contribution in [3.05, 3.63) is 35.4 Å². The highest BCUT2D eigenvalue weighted by Gasteiger charge is 2.08. The van der Waals surface area contributed by atoms with Gasteiger partial charge < -0.3 is 11.1 Å². The van der Waals surface area contributed by atoms with Crippen molar-refractivity contribution in [3.63, 3.8) is 0 Å². The molecule has 1 rings (SSSR count). The molecule has 0 fully saturated rings. The summed E-state index contributed by atoms with van der Waals surface area (Å²) in [7, 11) is 0. The predicted octanol–water partition coefficient (Wildman–Crippen LogP) is 0.972. The molecule has 0 aromatic heterocycles. The van der Waals surface area contributed by atoms with Gasteiger partial charge in [0, 0.05) is 12.6 Å². The number of nitrogens with two attached hydrogens (primary N) is 1. The van der Waals surface area contributed by atoms with E-state index in [9.17, 15) is 13.6 Å². The summed E-state index contributed by atoms with van der Waals surface area (Å²) in [5.41, 5.74) is 5.44. The van der Waals surface area contributed by atoms with Gasteiger partial charge in [0.15, 0.2) is 0 Å². The van der Waals surface area contributed by atoms with E-state index >= 15 is 0 Å². The first-order valence-corrected chi connectivity index (χ1v) is 5.04. The van der Waals surface area contributed by atoms with Crippen LogP contribution in [0, 0.1) is 11.6 Å². The van der Waals surface area contributed by atoms with Crippen molar-refractivity contribution in [1.82, 2.24) is 5.32 Å². The Kier molecular flexibility index (Phi) is 4.85. The van der Waals surface area contributed by atoms with Crippen molar-refractivity contribution in [3.8, 4) is 0 Å². The van der Waals surface area contributed by atoms with Gasteiger partial charge in [0.1, 0.15) is 11.6 Å². The Labute approximate surface area is 92.6 Å². The third-order valence-electron chi connectivity index (χ3n) is 2.07. The molecule has 16 heavy (non-hydrogen) atoms. The van der Waals surface area contributed by atoms with Crippen LogP contribution in [0.5, 0.6) is 0 Å². The van der Waals surface area contributed by atoms with Gasteiger partial charge in [-0.15, -0.1) is 0 Å². The average molecular weight is 228 g/mol. The number of nitrogens with one attached hydrogen (secondary N) is 1. The summed E-state index contributed by atoms with van der Waals surface area (Å²) in [6.45, 7) is 0.962. The first-order chi connectivity index (χ1) is 7.63. The molecule has 0 saturated heterocycles. The van der Waals surface area contributed by atoms with Crippen LogP contribution in [0.15, 0.2) is 18.2 Å². The van der Waals surface area contributed by atoms with E-state index in [4.69, 9.17) is 5.73 Å².